The molecule has 12 nitrogen and oxygen atoms in total. The Bertz CT molecular complexity index is 1810. The van der Waals surface area contributed by atoms with Gasteiger partial charge in [0.15, 0.2) is 5.82 Å². The van der Waals surface area contributed by atoms with Crippen LogP contribution in [-0.4, -0.2) is 91.3 Å². The number of alkyl halides is 2. The standard InChI is InChI=1S/C36H42F3N7O5/c1-21(2)46(23-13-36(38,39)14-23)32(47)25-12-22(37)6-7-28(25)50-31-30(41-20-42-43-31)45-18-35(19-45)15-24(16-35)49-29-8-10-40-27-9-11-44(17-26(27)29)33(48)51-34(3,4)5/h6-8,10,12,20-21,23-24H,9,11,13-19H2,1-5H3. The van der Waals surface area contributed by atoms with Gasteiger partial charge in [-0.1, -0.05) is 0 Å². The molecule has 2 saturated carbocycles. The second-order valence-electron chi connectivity index (χ2n) is 15.4. The maximum Gasteiger partial charge on any atom is 0.410 e. The molecule has 0 bridgehead atoms. The number of carbonyl (C=O) groups excluding carboxylic acids is 2. The number of hydrogen-bond donors (Lipinski definition) is 0. The first-order valence-corrected chi connectivity index (χ1v) is 17.3. The largest absolute Gasteiger partial charge is 0.490 e. The Labute approximate surface area is 294 Å². The van der Waals surface area contributed by atoms with Gasteiger partial charge in [-0.05, 0) is 71.7 Å². The average Bonchev–Trinajstić information content (AvgIpc) is 3.01. The highest BCUT2D eigenvalue weighted by molar-refractivity contribution is 5.97. The van der Waals surface area contributed by atoms with Crippen molar-refractivity contribution in [3.63, 3.8) is 0 Å². The SMILES string of the molecule is CC(C)N(C(=O)c1cc(F)ccc1Oc1nncnc1N1CC2(CC(Oc3ccnc4c3CN(C(=O)OC(C)(C)C)CC4)C2)C1)C1CC(F)(F)C1. The molecule has 4 aliphatic rings. The summed E-state index contributed by atoms with van der Waals surface area (Å²) in [5.74, 6) is -2.87. The van der Waals surface area contributed by atoms with Crippen LogP contribution in [0.1, 0.15) is 81.9 Å². The molecule has 2 amide bonds. The highest BCUT2D eigenvalue weighted by Crippen LogP contribution is 2.52. The molecule has 7 rings (SSSR count). The molecule has 1 aromatic carbocycles. The molecule has 51 heavy (non-hydrogen) atoms. The number of aromatic nitrogens is 4. The number of rotatable bonds is 8. The molecular weight excluding hydrogens is 667 g/mol. The fraction of sp³-hybridized carbons (Fsp3) is 0.556. The molecule has 3 aromatic rings. The third-order valence-corrected chi connectivity index (χ3v) is 9.89. The summed E-state index contributed by atoms with van der Waals surface area (Å²) in [6.07, 6.45) is 4.04. The number of anilines is 1. The van der Waals surface area contributed by atoms with Crippen molar-refractivity contribution in [1.29, 1.82) is 0 Å². The fourth-order valence-electron chi connectivity index (χ4n) is 7.54. The van der Waals surface area contributed by atoms with Gasteiger partial charge in [0.05, 0.1) is 17.8 Å². The van der Waals surface area contributed by atoms with E-state index in [1.54, 1.807) is 24.9 Å². The molecule has 0 atom stereocenters. The van der Waals surface area contributed by atoms with Crippen LogP contribution in [0.3, 0.4) is 0 Å². The number of pyridine rings is 1. The lowest BCUT2D eigenvalue weighted by molar-refractivity contribution is -0.120. The molecule has 2 aliphatic heterocycles. The Morgan fingerprint density at radius 3 is 2.47 bits per heavy atom. The lowest BCUT2D eigenvalue weighted by atomic mass is 9.61. The third kappa shape index (κ3) is 7.11. The molecule has 272 valence electrons. The normalized spacial score (nSPS) is 19.5. The Balaban J connectivity index is 0.997. The zero-order chi connectivity index (χ0) is 36.3. The Hall–Kier alpha value is -4.69. The van der Waals surface area contributed by atoms with E-state index in [1.165, 1.54) is 17.3 Å². The van der Waals surface area contributed by atoms with E-state index >= 15 is 0 Å². The van der Waals surface area contributed by atoms with E-state index in [-0.39, 0.29) is 34.8 Å². The zero-order valence-corrected chi connectivity index (χ0v) is 29.4. The summed E-state index contributed by atoms with van der Waals surface area (Å²) in [5.41, 5.74) is 1.15. The van der Waals surface area contributed by atoms with Crippen molar-refractivity contribution >= 4 is 17.8 Å². The molecule has 2 aromatic heterocycles. The summed E-state index contributed by atoms with van der Waals surface area (Å²) in [7, 11) is 0. The molecule has 0 unspecified atom stereocenters. The Morgan fingerprint density at radius 2 is 1.78 bits per heavy atom. The van der Waals surface area contributed by atoms with Gasteiger partial charge < -0.3 is 28.9 Å². The van der Waals surface area contributed by atoms with Crippen molar-refractivity contribution in [1.82, 2.24) is 30.0 Å². The summed E-state index contributed by atoms with van der Waals surface area (Å²) in [5, 5.41) is 8.02. The minimum absolute atomic E-state index is 0.00211. The van der Waals surface area contributed by atoms with E-state index in [9.17, 15) is 22.8 Å². The van der Waals surface area contributed by atoms with Crippen LogP contribution in [0.2, 0.25) is 0 Å². The minimum Gasteiger partial charge on any atom is -0.490 e. The number of amides is 2. The number of nitrogens with zero attached hydrogens (tertiary/aromatic N) is 7. The number of fused-ring (bicyclic) bond motifs is 1. The van der Waals surface area contributed by atoms with Crippen LogP contribution in [0.25, 0.3) is 0 Å². The quantitative estimate of drug-likeness (QED) is 0.268. The zero-order valence-electron chi connectivity index (χ0n) is 29.4. The van der Waals surface area contributed by atoms with Gasteiger partial charge in [0, 0.05) is 68.2 Å². The maximum absolute atomic E-state index is 14.5. The molecule has 0 radical (unpaired) electrons. The van der Waals surface area contributed by atoms with Crippen molar-refractivity contribution in [2.45, 2.75) is 103 Å². The van der Waals surface area contributed by atoms with E-state index < -0.39 is 48.2 Å². The summed E-state index contributed by atoms with van der Waals surface area (Å²) < 4.78 is 60.1. The van der Waals surface area contributed by atoms with Crippen LogP contribution in [0.4, 0.5) is 23.8 Å². The van der Waals surface area contributed by atoms with Crippen molar-refractivity contribution in [3.8, 4) is 17.4 Å². The van der Waals surface area contributed by atoms with Gasteiger partial charge in [-0.2, -0.15) is 0 Å². The molecule has 4 heterocycles. The molecule has 2 aliphatic carbocycles. The molecular formula is C36H42F3N7O5. The van der Waals surface area contributed by atoms with Crippen LogP contribution >= 0.6 is 0 Å². The van der Waals surface area contributed by atoms with Gasteiger partial charge >= 0.3 is 6.09 Å². The van der Waals surface area contributed by atoms with Crippen molar-refractivity contribution < 1.29 is 37.0 Å². The fourth-order valence-corrected chi connectivity index (χ4v) is 7.54. The van der Waals surface area contributed by atoms with Crippen LogP contribution in [0, 0.1) is 11.2 Å². The summed E-state index contributed by atoms with van der Waals surface area (Å²) >= 11 is 0. The monoisotopic (exact) mass is 709 g/mol. The smallest absolute Gasteiger partial charge is 0.410 e. The summed E-state index contributed by atoms with van der Waals surface area (Å²) in [4.78, 5) is 40.4. The van der Waals surface area contributed by atoms with E-state index in [1.807, 2.05) is 31.7 Å². The van der Waals surface area contributed by atoms with Gasteiger partial charge in [0.1, 0.15) is 35.3 Å². The predicted molar refractivity (Wildman–Crippen MR) is 178 cm³/mol. The number of hydrogen-bond acceptors (Lipinski definition) is 10. The molecule has 0 N–H and O–H groups in total. The lowest BCUT2D eigenvalue weighted by Gasteiger charge is -2.58. The summed E-state index contributed by atoms with van der Waals surface area (Å²) in [6.45, 7) is 11.2. The maximum atomic E-state index is 14.5. The highest BCUT2D eigenvalue weighted by Gasteiger charge is 2.55. The van der Waals surface area contributed by atoms with Crippen molar-refractivity contribution in [2.75, 3.05) is 24.5 Å². The van der Waals surface area contributed by atoms with E-state index in [0.29, 0.717) is 38.4 Å². The van der Waals surface area contributed by atoms with Gasteiger partial charge in [-0.25, -0.2) is 22.9 Å². The molecule has 1 spiro atoms. The predicted octanol–water partition coefficient (Wildman–Crippen LogP) is 6.19. The number of ether oxygens (including phenoxy) is 3. The number of benzene rings is 1. The second kappa shape index (κ2) is 12.8. The van der Waals surface area contributed by atoms with E-state index in [2.05, 4.69) is 20.2 Å². The Morgan fingerprint density at radius 1 is 1.04 bits per heavy atom. The first-order chi connectivity index (χ1) is 24.1. The summed E-state index contributed by atoms with van der Waals surface area (Å²) in [6, 6.07) is 4.32. The van der Waals surface area contributed by atoms with E-state index in [4.69, 9.17) is 14.2 Å². The first-order valence-electron chi connectivity index (χ1n) is 17.3. The van der Waals surface area contributed by atoms with Crippen LogP contribution in [-0.2, 0) is 17.7 Å². The first kappa shape index (κ1) is 34.7. The molecule has 1 saturated heterocycles. The van der Waals surface area contributed by atoms with Crippen molar-refractivity contribution in [2.24, 2.45) is 5.41 Å². The van der Waals surface area contributed by atoms with E-state index in [0.717, 1.165) is 42.0 Å². The van der Waals surface area contributed by atoms with Gasteiger partial charge in [-0.3, -0.25) is 9.78 Å². The Kier molecular flexibility index (Phi) is 8.73. The van der Waals surface area contributed by atoms with Crippen molar-refractivity contribution in [3.05, 3.63) is 59.4 Å². The number of carbonyl (C=O) groups is 2. The molecule has 3 fully saturated rings. The lowest BCUT2D eigenvalue weighted by Crippen LogP contribution is -2.65. The highest BCUT2D eigenvalue weighted by atomic mass is 19.3. The minimum atomic E-state index is -2.83. The second-order valence-corrected chi connectivity index (χ2v) is 15.4. The van der Waals surface area contributed by atoms with Crippen LogP contribution < -0.4 is 14.4 Å². The van der Waals surface area contributed by atoms with Gasteiger partial charge in [0.2, 0.25) is 0 Å². The van der Waals surface area contributed by atoms with Gasteiger partial charge in [-0.15, -0.1) is 10.2 Å². The topological polar surface area (TPSA) is 123 Å². The molecule has 15 heteroatoms. The van der Waals surface area contributed by atoms with Gasteiger partial charge in [0.25, 0.3) is 17.7 Å². The third-order valence-electron chi connectivity index (χ3n) is 9.89. The number of halogens is 3. The van der Waals surface area contributed by atoms with Crippen LogP contribution in [0.5, 0.6) is 17.4 Å². The average molecular weight is 710 g/mol. The van der Waals surface area contributed by atoms with Crippen LogP contribution in [0.15, 0.2) is 36.8 Å².